The molecule has 0 aliphatic rings. The molecule has 0 aromatic carbocycles. The van der Waals surface area contributed by atoms with Gasteiger partial charge in [0.1, 0.15) is 13.2 Å². The predicted molar refractivity (Wildman–Crippen MR) is 216 cm³/mol. The van der Waals surface area contributed by atoms with E-state index in [1.165, 1.54) is 89.9 Å². The Morgan fingerprint density at radius 3 is 1.12 bits per heavy atom. The fourth-order valence-corrected chi connectivity index (χ4v) is 7.15. The molecule has 0 radical (unpaired) electrons. The number of esters is 2. The zero-order chi connectivity index (χ0) is 38.0. The van der Waals surface area contributed by atoms with E-state index in [4.69, 9.17) is 9.47 Å². The van der Waals surface area contributed by atoms with Gasteiger partial charge >= 0.3 is 11.9 Å². The maximum atomic E-state index is 13.8. The van der Waals surface area contributed by atoms with Gasteiger partial charge in [0.15, 0.2) is 0 Å². The minimum Gasteiger partial charge on any atom is -0.464 e. The summed E-state index contributed by atoms with van der Waals surface area (Å²) >= 11 is 0. The van der Waals surface area contributed by atoms with E-state index < -0.39 is 0 Å². The van der Waals surface area contributed by atoms with E-state index >= 15 is 0 Å². The number of carbonyl (C=O) groups is 3. The first-order valence-electron chi connectivity index (χ1n) is 22.2. The van der Waals surface area contributed by atoms with Gasteiger partial charge in [-0.3, -0.25) is 19.3 Å². The average Bonchev–Trinajstić information content (AvgIpc) is 3.13. The van der Waals surface area contributed by atoms with E-state index in [1.54, 1.807) is 4.90 Å². The van der Waals surface area contributed by atoms with Crippen molar-refractivity contribution in [1.29, 1.82) is 0 Å². The zero-order valence-corrected chi connectivity index (χ0v) is 35.1. The van der Waals surface area contributed by atoms with Crippen LogP contribution in [0.2, 0.25) is 0 Å². The van der Waals surface area contributed by atoms with Gasteiger partial charge in [0.05, 0.1) is 31.0 Å². The van der Waals surface area contributed by atoms with E-state index in [0.717, 1.165) is 83.7 Å². The lowest BCUT2D eigenvalue weighted by Gasteiger charge is -2.32. The summed E-state index contributed by atoms with van der Waals surface area (Å²) < 4.78 is 11.8. The molecule has 51 heavy (non-hydrogen) atoms. The average molecular weight is 723 g/mol. The Morgan fingerprint density at radius 2 is 0.784 bits per heavy atom. The van der Waals surface area contributed by atoms with Crippen LogP contribution in [-0.2, 0) is 23.9 Å². The van der Waals surface area contributed by atoms with Gasteiger partial charge in [-0.15, -0.1) is 0 Å². The Hall–Kier alpha value is -1.63. The van der Waals surface area contributed by atoms with Crippen molar-refractivity contribution < 1.29 is 23.9 Å². The predicted octanol–water partition coefficient (Wildman–Crippen LogP) is 11.7. The highest BCUT2D eigenvalue weighted by atomic mass is 16.5. The van der Waals surface area contributed by atoms with Crippen LogP contribution in [0.1, 0.15) is 209 Å². The summed E-state index contributed by atoms with van der Waals surface area (Å²) in [6.45, 7) is 17.7. The van der Waals surface area contributed by atoms with Gasteiger partial charge in [-0.2, -0.15) is 0 Å². The van der Waals surface area contributed by atoms with Crippen LogP contribution in [0.4, 0.5) is 0 Å². The van der Waals surface area contributed by atoms with Gasteiger partial charge in [0, 0.05) is 0 Å². The zero-order valence-electron chi connectivity index (χ0n) is 35.1. The van der Waals surface area contributed by atoms with Crippen LogP contribution < -0.4 is 0 Å². The molecule has 0 rings (SSSR count). The Bertz CT molecular complexity index is 771. The lowest BCUT2D eigenvalue weighted by atomic mass is 9.94. The second-order valence-electron chi connectivity index (χ2n) is 15.2. The topological polar surface area (TPSA) is 76.1 Å². The minimum atomic E-state index is -0.292. The summed E-state index contributed by atoms with van der Waals surface area (Å²) in [5.74, 6) is -0.373. The SMILES string of the molecule is CCCCCCCCC(CCCCCC)C(=O)OCCN(CCOC(=O)C(CCCCCC)CCCCCCCC)C(=O)C(C)N(CC)CCC. The number of rotatable bonds is 37. The third-order valence-electron chi connectivity index (χ3n) is 10.6. The van der Waals surface area contributed by atoms with Gasteiger partial charge in [0.2, 0.25) is 5.91 Å². The van der Waals surface area contributed by atoms with Crippen molar-refractivity contribution in [3.63, 3.8) is 0 Å². The van der Waals surface area contributed by atoms with Crippen molar-refractivity contribution in [3.05, 3.63) is 0 Å². The molecule has 3 unspecified atom stereocenters. The Kier molecular flexibility index (Phi) is 34.3. The number of ether oxygens (including phenoxy) is 2. The first-order valence-corrected chi connectivity index (χ1v) is 22.2. The molecule has 0 aromatic heterocycles. The number of unbranched alkanes of at least 4 members (excludes halogenated alkanes) is 16. The van der Waals surface area contributed by atoms with Gasteiger partial charge in [0.25, 0.3) is 0 Å². The number of likely N-dealkylation sites (N-methyl/N-ethyl adjacent to an activating group) is 1. The van der Waals surface area contributed by atoms with E-state index in [1.807, 2.05) is 6.92 Å². The maximum Gasteiger partial charge on any atom is 0.308 e. The summed E-state index contributed by atoms with van der Waals surface area (Å²) in [7, 11) is 0. The van der Waals surface area contributed by atoms with Crippen LogP contribution in [0.5, 0.6) is 0 Å². The monoisotopic (exact) mass is 723 g/mol. The van der Waals surface area contributed by atoms with E-state index in [2.05, 4.69) is 46.4 Å². The lowest BCUT2D eigenvalue weighted by molar-refractivity contribution is -0.153. The second-order valence-corrected chi connectivity index (χ2v) is 15.2. The number of hydrogen-bond acceptors (Lipinski definition) is 6. The molecule has 0 fully saturated rings. The highest BCUT2D eigenvalue weighted by Gasteiger charge is 2.27. The van der Waals surface area contributed by atoms with E-state index in [-0.39, 0.29) is 48.9 Å². The molecule has 0 aromatic rings. The molecule has 0 saturated carbocycles. The molecule has 0 aliphatic carbocycles. The molecule has 0 heterocycles. The normalized spacial score (nSPS) is 13.3. The smallest absolute Gasteiger partial charge is 0.308 e. The fourth-order valence-electron chi connectivity index (χ4n) is 7.15. The van der Waals surface area contributed by atoms with Crippen molar-refractivity contribution in [2.45, 2.75) is 215 Å². The van der Waals surface area contributed by atoms with Crippen LogP contribution >= 0.6 is 0 Å². The van der Waals surface area contributed by atoms with Crippen LogP contribution in [-0.4, -0.2) is 73.1 Å². The van der Waals surface area contributed by atoms with Crippen molar-refractivity contribution in [1.82, 2.24) is 9.80 Å². The summed E-state index contributed by atoms with van der Waals surface area (Å²) in [6, 6.07) is -0.292. The second kappa shape index (κ2) is 35.4. The third-order valence-corrected chi connectivity index (χ3v) is 10.6. The molecule has 302 valence electrons. The third kappa shape index (κ3) is 25.9. The Labute approximate surface area is 317 Å². The number of hydrogen-bond donors (Lipinski definition) is 0. The van der Waals surface area contributed by atoms with Crippen LogP contribution in [0.25, 0.3) is 0 Å². The quantitative estimate of drug-likeness (QED) is 0.0469. The largest absolute Gasteiger partial charge is 0.464 e. The molecule has 3 atom stereocenters. The highest BCUT2D eigenvalue weighted by Crippen LogP contribution is 2.22. The molecule has 0 N–H and O–H groups in total. The molecule has 7 nitrogen and oxygen atoms in total. The summed E-state index contributed by atoms with van der Waals surface area (Å²) in [5, 5.41) is 0. The Morgan fingerprint density at radius 1 is 0.451 bits per heavy atom. The summed E-state index contributed by atoms with van der Waals surface area (Å²) in [4.78, 5) is 44.5. The minimum absolute atomic E-state index is 0.00351. The van der Waals surface area contributed by atoms with E-state index in [9.17, 15) is 14.4 Å². The standard InChI is InChI=1S/C44H86N2O5/c1-8-14-18-22-24-28-32-40(30-26-20-16-10-3)43(48)50-37-35-46(42(47)39(7)45(13-6)34-12-5)36-38-51-44(49)41(31-27-21-17-11-4)33-29-25-23-19-15-9-2/h39-41H,8-38H2,1-7H3. The molecule has 0 aliphatic heterocycles. The number of carbonyl (C=O) groups excluding carboxylic acids is 3. The van der Waals surface area contributed by atoms with Crippen molar-refractivity contribution in [2.24, 2.45) is 11.8 Å². The van der Waals surface area contributed by atoms with Gasteiger partial charge in [-0.25, -0.2) is 0 Å². The van der Waals surface area contributed by atoms with Crippen LogP contribution in [0.15, 0.2) is 0 Å². The van der Waals surface area contributed by atoms with Crippen molar-refractivity contribution in [2.75, 3.05) is 39.4 Å². The lowest BCUT2D eigenvalue weighted by Crippen LogP contribution is -2.49. The van der Waals surface area contributed by atoms with Gasteiger partial charge < -0.3 is 14.4 Å². The first-order chi connectivity index (χ1) is 24.8. The van der Waals surface area contributed by atoms with Crippen LogP contribution in [0.3, 0.4) is 0 Å². The summed E-state index contributed by atoms with van der Waals surface area (Å²) in [6.07, 6.45) is 28.2. The van der Waals surface area contributed by atoms with Crippen molar-refractivity contribution >= 4 is 17.8 Å². The van der Waals surface area contributed by atoms with Gasteiger partial charge in [-0.05, 0) is 52.1 Å². The number of amides is 1. The molecule has 7 heteroatoms. The molecule has 0 bridgehead atoms. The molecular weight excluding hydrogens is 636 g/mol. The van der Waals surface area contributed by atoms with E-state index in [0.29, 0.717) is 13.1 Å². The van der Waals surface area contributed by atoms with Crippen LogP contribution in [0, 0.1) is 11.8 Å². The first kappa shape index (κ1) is 49.4. The molecule has 1 amide bonds. The fraction of sp³-hybridized carbons (Fsp3) is 0.932. The molecular formula is C44H86N2O5. The maximum absolute atomic E-state index is 13.8. The summed E-state index contributed by atoms with van der Waals surface area (Å²) in [5.41, 5.74) is 0. The highest BCUT2D eigenvalue weighted by molar-refractivity contribution is 5.81. The van der Waals surface area contributed by atoms with Gasteiger partial charge in [-0.1, -0.05) is 170 Å². The van der Waals surface area contributed by atoms with Crippen molar-refractivity contribution in [3.8, 4) is 0 Å². The number of nitrogens with zero attached hydrogens (tertiary/aromatic N) is 2. The molecule has 0 saturated heterocycles. The Balaban J connectivity index is 5.43. The molecule has 0 spiro atoms.